The number of piperidine rings is 1. The first kappa shape index (κ1) is 9.65. The summed E-state index contributed by atoms with van der Waals surface area (Å²) in [5, 5.41) is 3.30. The van der Waals surface area contributed by atoms with Gasteiger partial charge in [-0.25, -0.2) is 9.37 Å². The Labute approximate surface area is 83.1 Å². The minimum Gasteiger partial charge on any atom is -0.346 e. The van der Waals surface area contributed by atoms with E-state index in [1.165, 1.54) is 0 Å². The molecule has 2 rings (SSSR count). The van der Waals surface area contributed by atoms with Crippen molar-refractivity contribution in [2.24, 2.45) is 0 Å². The lowest BCUT2D eigenvalue weighted by Gasteiger charge is -2.20. The summed E-state index contributed by atoms with van der Waals surface area (Å²) in [6, 6.07) is 0. The van der Waals surface area contributed by atoms with E-state index >= 15 is 0 Å². The highest BCUT2D eigenvalue weighted by Crippen LogP contribution is 2.23. The molecule has 0 spiro atoms. The topological polar surface area (TPSA) is 40.7 Å². The summed E-state index contributed by atoms with van der Waals surface area (Å²) in [4.78, 5) is 7.48. The van der Waals surface area contributed by atoms with E-state index in [0.717, 1.165) is 37.4 Å². The average molecular weight is 197 g/mol. The molecule has 0 aliphatic carbocycles. The first-order valence-corrected chi connectivity index (χ1v) is 5.13. The number of H-pyrrole nitrogens is 1. The maximum Gasteiger partial charge on any atom is 0.133 e. The molecule has 1 aromatic heterocycles. The fourth-order valence-corrected chi connectivity index (χ4v) is 1.94. The molecule has 1 saturated heterocycles. The van der Waals surface area contributed by atoms with Crippen LogP contribution in [0.3, 0.4) is 0 Å². The van der Waals surface area contributed by atoms with Gasteiger partial charge in [-0.15, -0.1) is 0 Å². The van der Waals surface area contributed by atoms with Crippen molar-refractivity contribution in [3.05, 3.63) is 17.2 Å². The van der Waals surface area contributed by atoms with Crippen LogP contribution in [0.1, 0.15) is 36.0 Å². The second-order valence-electron chi connectivity index (χ2n) is 3.85. The number of imidazole rings is 1. The molecule has 4 heteroatoms. The maximum absolute atomic E-state index is 12.5. The third-order valence-electron chi connectivity index (χ3n) is 2.86. The van der Waals surface area contributed by atoms with Gasteiger partial charge in [-0.1, -0.05) is 0 Å². The molecule has 3 nitrogen and oxygen atoms in total. The van der Waals surface area contributed by atoms with Gasteiger partial charge in [0.1, 0.15) is 12.5 Å². The smallest absolute Gasteiger partial charge is 0.133 e. The Morgan fingerprint density at radius 1 is 1.43 bits per heavy atom. The van der Waals surface area contributed by atoms with E-state index in [1.807, 2.05) is 6.92 Å². The minimum absolute atomic E-state index is 0.465. The van der Waals surface area contributed by atoms with E-state index in [-0.39, 0.29) is 0 Å². The number of halogens is 1. The van der Waals surface area contributed by atoms with Crippen LogP contribution in [0.5, 0.6) is 0 Å². The van der Waals surface area contributed by atoms with Gasteiger partial charge in [0.05, 0.1) is 5.69 Å². The fraction of sp³-hybridized carbons (Fsp3) is 0.700. The summed E-state index contributed by atoms with van der Waals surface area (Å²) in [7, 11) is 0. The van der Waals surface area contributed by atoms with Crippen molar-refractivity contribution in [2.45, 2.75) is 32.4 Å². The van der Waals surface area contributed by atoms with E-state index in [9.17, 15) is 4.39 Å². The van der Waals surface area contributed by atoms with Gasteiger partial charge in [-0.2, -0.15) is 0 Å². The van der Waals surface area contributed by atoms with Gasteiger partial charge in [0.25, 0.3) is 0 Å². The van der Waals surface area contributed by atoms with E-state index in [1.54, 1.807) is 0 Å². The molecule has 0 radical (unpaired) electrons. The first-order chi connectivity index (χ1) is 6.81. The van der Waals surface area contributed by atoms with E-state index < -0.39 is 6.67 Å². The van der Waals surface area contributed by atoms with Crippen molar-refractivity contribution in [2.75, 3.05) is 13.1 Å². The quantitative estimate of drug-likeness (QED) is 0.757. The minimum atomic E-state index is -0.465. The molecule has 0 amide bonds. The number of nitrogens with one attached hydrogen (secondary N) is 2. The summed E-state index contributed by atoms with van der Waals surface area (Å²) < 4.78 is 12.5. The van der Waals surface area contributed by atoms with Crippen molar-refractivity contribution in [1.29, 1.82) is 0 Å². The molecule has 78 valence electrons. The number of aryl methyl sites for hydroxylation is 1. The third kappa shape index (κ3) is 1.80. The second-order valence-corrected chi connectivity index (χ2v) is 3.85. The molecular formula is C10H16FN3. The highest BCUT2D eigenvalue weighted by molar-refractivity contribution is 5.14. The van der Waals surface area contributed by atoms with Crippen molar-refractivity contribution in [3.8, 4) is 0 Å². The number of rotatable bonds is 2. The molecule has 0 unspecified atom stereocenters. The predicted octanol–water partition coefficient (Wildman–Crippen LogP) is 1.65. The van der Waals surface area contributed by atoms with Crippen LogP contribution in [0.2, 0.25) is 0 Å². The van der Waals surface area contributed by atoms with Crippen LogP contribution < -0.4 is 5.32 Å². The Morgan fingerprint density at radius 3 is 2.71 bits per heavy atom. The second kappa shape index (κ2) is 4.09. The van der Waals surface area contributed by atoms with Crippen molar-refractivity contribution >= 4 is 0 Å². The van der Waals surface area contributed by atoms with Crippen LogP contribution in [0.15, 0.2) is 0 Å². The van der Waals surface area contributed by atoms with Crippen molar-refractivity contribution in [3.63, 3.8) is 0 Å². The lowest BCUT2D eigenvalue weighted by atomic mass is 9.98. The number of aromatic nitrogens is 2. The predicted molar refractivity (Wildman–Crippen MR) is 53.0 cm³/mol. The highest BCUT2D eigenvalue weighted by Gasteiger charge is 2.19. The van der Waals surface area contributed by atoms with Crippen LogP contribution in [0.25, 0.3) is 0 Å². The van der Waals surface area contributed by atoms with Crippen LogP contribution in [-0.4, -0.2) is 23.1 Å². The monoisotopic (exact) mass is 197 g/mol. The number of alkyl halides is 1. The zero-order valence-corrected chi connectivity index (χ0v) is 8.44. The number of nitrogens with zero attached hydrogens (tertiary/aromatic N) is 1. The molecule has 0 bridgehead atoms. The van der Waals surface area contributed by atoms with Crippen LogP contribution in [0.4, 0.5) is 4.39 Å². The molecule has 1 aliphatic heterocycles. The zero-order valence-electron chi connectivity index (χ0n) is 8.44. The summed E-state index contributed by atoms with van der Waals surface area (Å²) in [5.41, 5.74) is 1.44. The standard InChI is InChI=1S/C10H16FN3/c1-7-9(6-11)14-10(13-7)8-2-4-12-5-3-8/h8,12H,2-6H2,1H3,(H,13,14). The molecule has 0 atom stereocenters. The van der Waals surface area contributed by atoms with E-state index in [4.69, 9.17) is 0 Å². The Kier molecular flexibility index (Phi) is 2.82. The van der Waals surface area contributed by atoms with E-state index in [2.05, 4.69) is 15.3 Å². The first-order valence-electron chi connectivity index (χ1n) is 5.13. The SMILES string of the molecule is Cc1[nH]c(C2CCNCC2)nc1CF. The molecule has 1 fully saturated rings. The third-order valence-corrected chi connectivity index (χ3v) is 2.86. The van der Waals surface area contributed by atoms with Gasteiger partial charge in [0, 0.05) is 11.6 Å². The largest absolute Gasteiger partial charge is 0.346 e. The van der Waals surface area contributed by atoms with Crippen LogP contribution in [-0.2, 0) is 6.67 Å². The Morgan fingerprint density at radius 2 is 2.14 bits per heavy atom. The van der Waals surface area contributed by atoms with Gasteiger partial charge in [-0.05, 0) is 32.9 Å². The van der Waals surface area contributed by atoms with Crippen LogP contribution in [0, 0.1) is 6.92 Å². The molecule has 2 heterocycles. The lowest BCUT2D eigenvalue weighted by Crippen LogP contribution is -2.27. The highest BCUT2D eigenvalue weighted by atomic mass is 19.1. The Bertz CT molecular complexity index is 302. The normalized spacial score (nSPS) is 18.7. The van der Waals surface area contributed by atoms with Gasteiger partial charge >= 0.3 is 0 Å². The molecule has 2 N–H and O–H groups in total. The molecule has 0 aromatic carbocycles. The maximum atomic E-state index is 12.5. The Balaban J connectivity index is 2.14. The molecule has 1 aromatic rings. The lowest BCUT2D eigenvalue weighted by molar-refractivity contribution is 0.443. The van der Waals surface area contributed by atoms with Gasteiger partial charge in [0.15, 0.2) is 0 Å². The Hall–Kier alpha value is -0.900. The summed E-state index contributed by atoms with van der Waals surface area (Å²) >= 11 is 0. The van der Waals surface area contributed by atoms with Crippen LogP contribution >= 0.6 is 0 Å². The van der Waals surface area contributed by atoms with Gasteiger partial charge in [-0.3, -0.25) is 0 Å². The molecule has 1 aliphatic rings. The molecular weight excluding hydrogens is 181 g/mol. The summed E-state index contributed by atoms with van der Waals surface area (Å²) in [6.45, 7) is 3.49. The zero-order chi connectivity index (χ0) is 9.97. The summed E-state index contributed by atoms with van der Waals surface area (Å²) in [5.74, 6) is 1.45. The van der Waals surface area contributed by atoms with Gasteiger partial charge in [0.2, 0.25) is 0 Å². The number of hydrogen-bond acceptors (Lipinski definition) is 2. The van der Waals surface area contributed by atoms with Gasteiger partial charge < -0.3 is 10.3 Å². The van der Waals surface area contributed by atoms with Crippen molar-refractivity contribution < 1.29 is 4.39 Å². The molecule has 14 heavy (non-hydrogen) atoms. The average Bonchev–Trinajstić information content (AvgIpc) is 2.61. The summed E-state index contributed by atoms with van der Waals surface area (Å²) in [6.07, 6.45) is 2.19. The van der Waals surface area contributed by atoms with E-state index in [0.29, 0.717) is 11.6 Å². The molecule has 0 saturated carbocycles. The fourth-order valence-electron chi connectivity index (χ4n) is 1.94. The van der Waals surface area contributed by atoms with Crippen molar-refractivity contribution in [1.82, 2.24) is 15.3 Å². The number of hydrogen-bond donors (Lipinski definition) is 2. The number of aromatic amines is 1.